The first-order valence-corrected chi connectivity index (χ1v) is 15.0. The summed E-state index contributed by atoms with van der Waals surface area (Å²) < 4.78 is 74.4. The van der Waals surface area contributed by atoms with E-state index in [0.717, 1.165) is 17.7 Å². The lowest BCUT2D eigenvalue weighted by Crippen LogP contribution is -2.36. The molecule has 0 aliphatic heterocycles. The lowest BCUT2D eigenvalue weighted by Gasteiger charge is -2.33. The quantitative estimate of drug-likeness (QED) is 0.250. The third-order valence-electron chi connectivity index (χ3n) is 7.64. The number of carbonyl (C=O) groups excluding carboxylic acids is 1. The molecule has 5 rings (SSSR count). The number of aromatic nitrogens is 2. The number of amides is 1. The number of imidazole rings is 1. The van der Waals surface area contributed by atoms with Gasteiger partial charge in [0.2, 0.25) is 15.9 Å². The van der Waals surface area contributed by atoms with E-state index >= 15 is 8.78 Å². The minimum Gasteiger partial charge on any atom is -0.337 e. The first-order chi connectivity index (χ1) is 19.9. The van der Waals surface area contributed by atoms with E-state index in [1.165, 1.54) is 35.2 Å². The van der Waals surface area contributed by atoms with Crippen LogP contribution in [0.2, 0.25) is 0 Å². The molecule has 4 aromatic rings. The SMILES string of the molecule is C[C@H](CC(=O)N(Cc1nccn1C)c1ccc2c(c1)[C@H](NS(=O)(=O)c1cccc(F)c1)CCC2(F)F)c1ccccc1. The van der Waals surface area contributed by atoms with Crippen LogP contribution in [0.15, 0.2) is 90.1 Å². The number of nitrogens with one attached hydrogen (secondary N) is 1. The van der Waals surface area contributed by atoms with Crippen LogP contribution < -0.4 is 9.62 Å². The van der Waals surface area contributed by atoms with Gasteiger partial charge in [-0.1, -0.05) is 49.4 Å². The maximum atomic E-state index is 15.1. The molecule has 1 N–H and O–H groups in total. The first-order valence-electron chi connectivity index (χ1n) is 13.6. The number of fused-ring (bicyclic) bond motifs is 1. The molecule has 2 atom stereocenters. The van der Waals surface area contributed by atoms with Gasteiger partial charge < -0.3 is 9.47 Å². The van der Waals surface area contributed by atoms with Gasteiger partial charge in [-0.05, 0) is 53.8 Å². The van der Waals surface area contributed by atoms with Gasteiger partial charge >= 0.3 is 0 Å². The molecule has 42 heavy (non-hydrogen) atoms. The molecule has 1 heterocycles. The highest BCUT2D eigenvalue weighted by Gasteiger charge is 2.42. The van der Waals surface area contributed by atoms with E-state index in [2.05, 4.69) is 9.71 Å². The number of halogens is 3. The third-order valence-corrected chi connectivity index (χ3v) is 9.11. The standard InChI is InChI=1S/C31H31F3N4O3S/c1-21(22-7-4-3-5-8-22)17-30(39)38(20-29-35-15-16-37(29)2)24-11-12-27-26(19-24)28(13-14-31(27,33)34)36-42(40,41)25-10-6-9-23(32)18-25/h3-12,15-16,18-19,21,28,36H,13-14,17,20H2,1-2H3/t21-,28-/m1/s1. The van der Waals surface area contributed by atoms with Crippen molar-refractivity contribution in [3.63, 3.8) is 0 Å². The number of rotatable bonds is 9. The smallest absolute Gasteiger partial charge is 0.273 e. The third kappa shape index (κ3) is 6.27. The van der Waals surface area contributed by atoms with Gasteiger partial charge in [-0.25, -0.2) is 31.3 Å². The van der Waals surface area contributed by atoms with Gasteiger partial charge in [-0.15, -0.1) is 0 Å². The number of sulfonamides is 1. The molecule has 0 saturated heterocycles. The molecule has 1 aromatic heterocycles. The van der Waals surface area contributed by atoms with Gasteiger partial charge in [0.15, 0.2) is 0 Å². The molecular formula is C31H31F3N4O3S. The van der Waals surface area contributed by atoms with Crippen molar-refractivity contribution in [2.24, 2.45) is 7.05 Å². The number of nitrogens with zero attached hydrogens (tertiary/aromatic N) is 3. The number of hydrogen-bond acceptors (Lipinski definition) is 4. The van der Waals surface area contributed by atoms with Crippen molar-refractivity contribution in [3.05, 3.63) is 114 Å². The lowest BCUT2D eigenvalue weighted by molar-refractivity contribution is -0.119. The van der Waals surface area contributed by atoms with Gasteiger partial charge in [0.25, 0.3) is 5.92 Å². The predicted octanol–water partition coefficient (Wildman–Crippen LogP) is 6.19. The fraction of sp³-hybridized carbons (Fsp3) is 0.290. The second kappa shape index (κ2) is 11.7. The second-order valence-corrected chi connectivity index (χ2v) is 12.3. The van der Waals surface area contributed by atoms with Gasteiger partial charge in [0.1, 0.15) is 11.6 Å². The van der Waals surface area contributed by atoms with E-state index in [0.29, 0.717) is 11.5 Å². The highest BCUT2D eigenvalue weighted by atomic mass is 32.2. The van der Waals surface area contributed by atoms with E-state index in [1.807, 2.05) is 37.3 Å². The number of aryl methyl sites for hydroxylation is 1. The minimum absolute atomic E-state index is 0.0671. The van der Waals surface area contributed by atoms with Crippen molar-refractivity contribution in [1.29, 1.82) is 0 Å². The summed E-state index contributed by atoms with van der Waals surface area (Å²) in [5.74, 6) is -3.69. The van der Waals surface area contributed by atoms with E-state index in [-0.39, 0.29) is 47.2 Å². The van der Waals surface area contributed by atoms with Crippen molar-refractivity contribution in [3.8, 4) is 0 Å². The molecule has 7 nitrogen and oxygen atoms in total. The average Bonchev–Trinajstić information content (AvgIpc) is 3.37. The van der Waals surface area contributed by atoms with E-state index in [4.69, 9.17) is 0 Å². The van der Waals surface area contributed by atoms with Crippen LogP contribution in [0, 0.1) is 5.82 Å². The average molecular weight is 597 g/mol. The molecule has 11 heteroatoms. The molecule has 0 radical (unpaired) electrons. The second-order valence-electron chi connectivity index (χ2n) is 10.6. The summed E-state index contributed by atoms with van der Waals surface area (Å²) in [7, 11) is -2.44. The molecule has 0 unspecified atom stereocenters. The summed E-state index contributed by atoms with van der Waals surface area (Å²) in [4.78, 5) is 19.3. The Kier molecular flexibility index (Phi) is 8.25. The highest BCUT2D eigenvalue weighted by molar-refractivity contribution is 7.89. The van der Waals surface area contributed by atoms with Crippen LogP contribution in [0.3, 0.4) is 0 Å². The Morgan fingerprint density at radius 1 is 1.12 bits per heavy atom. The summed E-state index contributed by atoms with van der Waals surface area (Å²) in [5, 5.41) is 0. The normalized spacial score (nSPS) is 16.9. The van der Waals surface area contributed by atoms with Crippen molar-refractivity contribution < 1.29 is 26.4 Å². The zero-order valence-electron chi connectivity index (χ0n) is 23.2. The fourth-order valence-electron chi connectivity index (χ4n) is 5.25. The zero-order valence-corrected chi connectivity index (χ0v) is 24.0. The number of carbonyl (C=O) groups is 1. The van der Waals surface area contributed by atoms with Crippen LogP contribution in [-0.2, 0) is 34.3 Å². The summed E-state index contributed by atoms with van der Waals surface area (Å²) >= 11 is 0. The zero-order chi connectivity index (χ0) is 30.1. The van der Waals surface area contributed by atoms with E-state index in [9.17, 15) is 17.6 Å². The van der Waals surface area contributed by atoms with Gasteiger partial charge in [-0.3, -0.25) is 4.79 Å². The van der Waals surface area contributed by atoms with Crippen LogP contribution in [0.5, 0.6) is 0 Å². The lowest BCUT2D eigenvalue weighted by atomic mass is 9.85. The van der Waals surface area contributed by atoms with Crippen LogP contribution in [0.1, 0.15) is 60.7 Å². The van der Waals surface area contributed by atoms with E-state index in [1.54, 1.807) is 24.0 Å². The van der Waals surface area contributed by atoms with Crippen LogP contribution >= 0.6 is 0 Å². The topological polar surface area (TPSA) is 84.3 Å². The molecule has 0 fully saturated rings. The summed E-state index contributed by atoms with van der Waals surface area (Å²) in [6.45, 7) is 2.02. The van der Waals surface area contributed by atoms with Crippen LogP contribution in [0.4, 0.5) is 18.9 Å². The monoisotopic (exact) mass is 596 g/mol. The van der Waals surface area contributed by atoms with Crippen molar-refractivity contribution in [1.82, 2.24) is 14.3 Å². The predicted molar refractivity (Wildman–Crippen MR) is 153 cm³/mol. The molecule has 1 aliphatic carbocycles. The molecule has 0 spiro atoms. The van der Waals surface area contributed by atoms with Crippen molar-refractivity contribution in [2.75, 3.05) is 4.90 Å². The number of alkyl halides is 2. The number of anilines is 1. The Labute approximate surface area is 243 Å². The number of benzene rings is 3. The summed E-state index contributed by atoms with van der Waals surface area (Å²) in [6.07, 6.45) is 2.75. The minimum atomic E-state index is -4.23. The largest absolute Gasteiger partial charge is 0.337 e. The number of hydrogen-bond donors (Lipinski definition) is 1. The van der Waals surface area contributed by atoms with Crippen LogP contribution in [0.25, 0.3) is 0 Å². The maximum absolute atomic E-state index is 15.1. The molecule has 1 aliphatic rings. The molecule has 1 amide bonds. The fourth-order valence-corrected chi connectivity index (χ4v) is 6.53. The Balaban J connectivity index is 1.52. The molecule has 0 saturated carbocycles. The van der Waals surface area contributed by atoms with Crippen molar-refractivity contribution >= 4 is 21.6 Å². The Hall–Kier alpha value is -3.96. The van der Waals surface area contributed by atoms with Crippen molar-refractivity contribution in [2.45, 2.75) is 55.5 Å². The maximum Gasteiger partial charge on any atom is 0.273 e. The molecule has 0 bridgehead atoms. The van der Waals surface area contributed by atoms with Crippen LogP contribution in [-0.4, -0.2) is 23.9 Å². The first kappa shape index (κ1) is 29.5. The summed E-state index contributed by atoms with van der Waals surface area (Å²) in [5.41, 5.74) is 1.08. The highest BCUT2D eigenvalue weighted by Crippen LogP contribution is 2.46. The Morgan fingerprint density at radius 2 is 1.88 bits per heavy atom. The molecule has 3 aromatic carbocycles. The van der Waals surface area contributed by atoms with Gasteiger partial charge in [-0.2, -0.15) is 0 Å². The Morgan fingerprint density at radius 3 is 2.57 bits per heavy atom. The Bertz CT molecular complexity index is 1690. The van der Waals surface area contributed by atoms with Gasteiger partial charge in [0.05, 0.1) is 11.4 Å². The summed E-state index contributed by atoms with van der Waals surface area (Å²) in [6, 6.07) is 17.2. The molecular weight excluding hydrogens is 565 g/mol. The van der Waals surface area contributed by atoms with E-state index < -0.39 is 34.2 Å². The van der Waals surface area contributed by atoms with Gasteiger partial charge in [0, 0.05) is 49.6 Å². The molecule has 220 valence electrons.